The first-order valence-electron chi connectivity index (χ1n) is 8.37. The lowest BCUT2D eigenvalue weighted by molar-refractivity contribution is -0.705. The number of methoxy groups -OCH3 is 2. The zero-order valence-electron chi connectivity index (χ0n) is 15.6. The highest BCUT2D eigenvalue weighted by atomic mass is 32.2. The molecule has 150 valence electrons. The van der Waals surface area contributed by atoms with Crippen LogP contribution in [-0.4, -0.2) is 37.1 Å². The molecule has 1 aromatic heterocycles. The molecule has 0 aliphatic rings. The number of carbonyl (C=O) groups excluding carboxylic acids is 2. The topological polar surface area (TPSA) is 118 Å². The number of hydrogen-bond donors (Lipinski definition) is 1. The summed E-state index contributed by atoms with van der Waals surface area (Å²) in [6, 6.07) is 13.3. The Balaban J connectivity index is 1.71. The summed E-state index contributed by atoms with van der Waals surface area (Å²) in [6.45, 7) is 0. The van der Waals surface area contributed by atoms with E-state index in [1.165, 1.54) is 11.8 Å². The fourth-order valence-electron chi connectivity index (χ4n) is 2.45. The van der Waals surface area contributed by atoms with Gasteiger partial charge < -0.3 is 24.4 Å². The molecule has 0 spiro atoms. The molecule has 10 heteroatoms. The molecule has 1 amide bonds. The van der Waals surface area contributed by atoms with E-state index in [4.69, 9.17) is 14.0 Å². The monoisotopic (exact) mass is 415 g/mol. The Morgan fingerprint density at radius 1 is 1.17 bits per heavy atom. The van der Waals surface area contributed by atoms with Gasteiger partial charge in [-0.05, 0) is 40.7 Å². The standard InChI is InChI=1S/C19H17N3O6S/c1-26-13-9-7-12(8-10-13)22-17(19(25)28-21-22)29-11-16(23)20-15-6-4-3-5-14(15)18(24)27-2/h3-10H,11H2,1-2H3,(H-,20,21,23,24,25). The van der Waals surface area contributed by atoms with Gasteiger partial charge in [0.2, 0.25) is 11.6 Å². The van der Waals surface area contributed by atoms with E-state index in [1.807, 2.05) is 0 Å². The van der Waals surface area contributed by atoms with Crippen LogP contribution in [0, 0.1) is 0 Å². The molecule has 1 heterocycles. The van der Waals surface area contributed by atoms with Crippen molar-refractivity contribution in [3.05, 3.63) is 54.1 Å². The van der Waals surface area contributed by atoms with Gasteiger partial charge in [0.1, 0.15) is 5.75 Å². The number of hydrogen-bond acceptors (Lipinski definition) is 8. The third kappa shape index (κ3) is 4.66. The van der Waals surface area contributed by atoms with Crippen LogP contribution in [0.4, 0.5) is 5.69 Å². The van der Waals surface area contributed by atoms with E-state index >= 15 is 0 Å². The van der Waals surface area contributed by atoms with Gasteiger partial charge >= 0.3 is 5.97 Å². The van der Waals surface area contributed by atoms with Gasteiger partial charge in [0.25, 0.3) is 5.03 Å². The minimum atomic E-state index is -0.659. The molecule has 0 aliphatic heterocycles. The van der Waals surface area contributed by atoms with Crippen LogP contribution in [0.1, 0.15) is 10.4 Å². The maximum Gasteiger partial charge on any atom is 0.339 e. The lowest BCUT2D eigenvalue weighted by Gasteiger charge is -2.09. The predicted molar refractivity (Wildman–Crippen MR) is 101 cm³/mol. The van der Waals surface area contributed by atoms with Crippen molar-refractivity contribution in [1.82, 2.24) is 5.27 Å². The molecular weight excluding hydrogens is 398 g/mol. The lowest BCUT2D eigenvalue weighted by atomic mass is 10.2. The summed E-state index contributed by atoms with van der Waals surface area (Å²) in [5, 5.41) is 18.5. The van der Waals surface area contributed by atoms with Crippen molar-refractivity contribution in [3.8, 4) is 17.4 Å². The minimum Gasteiger partial charge on any atom is -0.538 e. The summed E-state index contributed by atoms with van der Waals surface area (Å²) >= 11 is 0.967. The van der Waals surface area contributed by atoms with Crippen molar-refractivity contribution in [1.29, 1.82) is 0 Å². The van der Waals surface area contributed by atoms with Crippen molar-refractivity contribution < 1.29 is 33.4 Å². The zero-order valence-corrected chi connectivity index (χ0v) is 16.4. The first kappa shape index (κ1) is 20.2. The summed E-state index contributed by atoms with van der Waals surface area (Å²) in [5.41, 5.74) is 1.13. The van der Waals surface area contributed by atoms with Gasteiger partial charge in [-0.3, -0.25) is 4.79 Å². The molecule has 0 fully saturated rings. The molecule has 0 saturated carbocycles. The minimum absolute atomic E-state index is 0.0951. The quantitative estimate of drug-likeness (QED) is 0.351. The maximum atomic E-state index is 12.4. The highest BCUT2D eigenvalue weighted by Crippen LogP contribution is 2.24. The first-order valence-corrected chi connectivity index (χ1v) is 9.35. The van der Waals surface area contributed by atoms with Gasteiger partial charge in [0.05, 0.1) is 36.5 Å². The molecule has 0 atom stereocenters. The Hall–Kier alpha value is -3.53. The number of nitrogens with zero attached hydrogens (tertiary/aromatic N) is 2. The highest BCUT2D eigenvalue weighted by molar-refractivity contribution is 7.99. The smallest absolute Gasteiger partial charge is 0.339 e. The molecular formula is C19H17N3O6S. The number of aromatic nitrogens is 2. The number of anilines is 1. The van der Waals surface area contributed by atoms with Gasteiger partial charge in [-0.1, -0.05) is 12.1 Å². The molecule has 9 nitrogen and oxygen atoms in total. The second-order valence-electron chi connectivity index (χ2n) is 5.65. The Morgan fingerprint density at radius 3 is 2.59 bits per heavy atom. The van der Waals surface area contributed by atoms with Gasteiger partial charge in [0.15, 0.2) is 5.95 Å². The van der Waals surface area contributed by atoms with Crippen molar-refractivity contribution in [2.45, 2.75) is 5.03 Å². The van der Waals surface area contributed by atoms with Crippen LogP contribution in [0.2, 0.25) is 0 Å². The van der Waals surface area contributed by atoms with Gasteiger partial charge in [-0.2, -0.15) is 0 Å². The Morgan fingerprint density at radius 2 is 1.90 bits per heavy atom. The van der Waals surface area contributed by atoms with E-state index < -0.39 is 17.8 Å². The van der Waals surface area contributed by atoms with Crippen LogP contribution in [0.5, 0.6) is 11.7 Å². The molecule has 2 aromatic carbocycles. The molecule has 1 N–H and O–H groups in total. The van der Waals surface area contributed by atoms with Crippen LogP contribution in [0.15, 0.2) is 58.1 Å². The number of ether oxygens (including phenoxy) is 2. The number of carbonyl (C=O) groups is 2. The van der Waals surface area contributed by atoms with Crippen molar-refractivity contribution >= 4 is 29.3 Å². The van der Waals surface area contributed by atoms with E-state index in [2.05, 4.69) is 10.6 Å². The summed E-state index contributed by atoms with van der Waals surface area (Å²) in [6.07, 6.45) is 0. The second-order valence-corrected chi connectivity index (χ2v) is 6.61. The van der Waals surface area contributed by atoms with Crippen molar-refractivity contribution in [2.75, 3.05) is 25.3 Å². The Labute approximate surface area is 170 Å². The summed E-state index contributed by atoms with van der Waals surface area (Å²) < 4.78 is 15.9. The normalized spacial score (nSPS) is 10.4. The highest BCUT2D eigenvalue weighted by Gasteiger charge is 2.23. The van der Waals surface area contributed by atoms with E-state index in [9.17, 15) is 14.7 Å². The van der Waals surface area contributed by atoms with Gasteiger partial charge in [0, 0.05) is 12.1 Å². The van der Waals surface area contributed by atoms with E-state index in [1.54, 1.807) is 55.6 Å². The lowest BCUT2D eigenvalue weighted by Crippen LogP contribution is -2.35. The van der Waals surface area contributed by atoms with E-state index in [0.29, 0.717) is 17.1 Å². The summed E-state index contributed by atoms with van der Waals surface area (Å²) in [7, 11) is 2.81. The molecule has 0 radical (unpaired) electrons. The largest absolute Gasteiger partial charge is 0.538 e. The van der Waals surface area contributed by atoms with Crippen LogP contribution < -0.4 is 19.8 Å². The third-order valence-electron chi connectivity index (χ3n) is 3.84. The third-order valence-corrected chi connectivity index (χ3v) is 4.86. The first-order chi connectivity index (χ1) is 14.0. The summed E-state index contributed by atoms with van der Waals surface area (Å²) in [4.78, 5) is 24.1. The SMILES string of the molecule is COC(=O)c1ccccc1NC(=O)CSc1c([O-])on[n+]1-c1ccc(OC)cc1. The fraction of sp³-hybridized carbons (Fsp3) is 0.158. The fourth-order valence-corrected chi connectivity index (χ4v) is 3.20. The van der Waals surface area contributed by atoms with Crippen LogP contribution >= 0.6 is 11.8 Å². The number of thioether (sulfide) groups is 1. The van der Waals surface area contributed by atoms with Crippen LogP contribution in [-0.2, 0) is 9.53 Å². The average molecular weight is 415 g/mol. The number of esters is 1. The van der Waals surface area contributed by atoms with Crippen LogP contribution in [0.25, 0.3) is 5.69 Å². The van der Waals surface area contributed by atoms with Crippen molar-refractivity contribution in [2.24, 2.45) is 0 Å². The predicted octanol–water partition coefficient (Wildman–Crippen LogP) is 1.55. The van der Waals surface area contributed by atoms with E-state index in [0.717, 1.165) is 11.8 Å². The maximum absolute atomic E-state index is 12.4. The number of para-hydroxylation sites is 1. The number of benzene rings is 2. The molecule has 0 unspecified atom stereocenters. The second kappa shape index (κ2) is 9.11. The molecule has 3 aromatic rings. The van der Waals surface area contributed by atoms with Gasteiger partial charge in [-0.15, -0.1) is 0 Å². The van der Waals surface area contributed by atoms with Gasteiger partial charge in [-0.25, -0.2) is 4.79 Å². The molecule has 0 aliphatic carbocycles. The van der Waals surface area contributed by atoms with E-state index in [-0.39, 0.29) is 16.3 Å². The van der Waals surface area contributed by atoms with Crippen molar-refractivity contribution in [3.63, 3.8) is 0 Å². The molecule has 0 saturated heterocycles. The molecule has 0 bridgehead atoms. The Kier molecular flexibility index (Phi) is 6.35. The molecule has 3 rings (SSSR count). The number of rotatable bonds is 7. The average Bonchev–Trinajstić information content (AvgIpc) is 3.12. The van der Waals surface area contributed by atoms with Crippen LogP contribution in [0.3, 0.4) is 0 Å². The number of nitrogens with one attached hydrogen (secondary N) is 1. The summed E-state index contributed by atoms with van der Waals surface area (Å²) in [5.74, 6) is -1.08. The zero-order chi connectivity index (χ0) is 20.8. The Bertz CT molecular complexity index is 1020. The molecule has 29 heavy (non-hydrogen) atoms. The number of amides is 1.